The van der Waals surface area contributed by atoms with E-state index in [0.29, 0.717) is 6.42 Å². The topological polar surface area (TPSA) is 44.4 Å². The van der Waals surface area contributed by atoms with Crippen molar-refractivity contribution in [3.8, 4) is 0 Å². The van der Waals surface area contributed by atoms with E-state index in [1.807, 2.05) is 0 Å². The van der Waals surface area contributed by atoms with Crippen LogP contribution in [0.5, 0.6) is 0 Å². The summed E-state index contributed by atoms with van der Waals surface area (Å²) in [6.07, 6.45) is 5.33. The Balaban J connectivity index is 2.28. The van der Waals surface area contributed by atoms with Crippen molar-refractivity contribution in [3.63, 3.8) is 0 Å². The third-order valence-corrected chi connectivity index (χ3v) is 3.46. The van der Waals surface area contributed by atoms with E-state index in [-0.39, 0.29) is 5.91 Å². The fourth-order valence-corrected chi connectivity index (χ4v) is 2.50. The second-order valence-electron chi connectivity index (χ2n) is 4.79. The predicted octanol–water partition coefficient (Wildman–Crippen LogP) is 0.977. The zero-order chi connectivity index (χ0) is 12.5. The minimum atomic E-state index is 0.159. The van der Waals surface area contributed by atoms with Crippen LogP contribution < -0.4 is 10.6 Å². The number of hydrogen-bond acceptors (Lipinski definition) is 3. The molecule has 1 aliphatic heterocycles. The number of hydrogen-bond donors (Lipinski definition) is 2. The summed E-state index contributed by atoms with van der Waals surface area (Å²) in [6.45, 7) is 6.73. The van der Waals surface area contributed by atoms with Crippen LogP contribution >= 0.6 is 0 Å². The smallest absolute Gasteiger partial charge is 0.219 e. The number of carbonyl (C=O) groups is 1. The summed E-state index contributed by atoms with van der Waals surface area (Å²) in [6, 6.07) is 0.723. The first-order chi connectivity index (χ1) is 8.27. The fraction of sp³-hybridized carbons (Fsp3) is 0.923. The number of carbonyl (C=O) groups excluding carboxylic acids is 1. The molecule has 0 unspecified atom stereocenters. The molecular formula is C13H27N3O. The molecule has 1 saturated heterocycles. The van der Waals surface area contributed by atoms with Gasteiger partial charge in [-0.15, -0.1) is 0 Å². The second kappa shape index (κ2) is 8.48. The summed E-state index contributed by atoms with van der Waals surface area (Å²) >= 11 is 0. The maximum absolute atomic E-state index is 11.2. The first kappa shape index (κ1) is 14.5. The van der Waals surface area contributed by atoms with E-state index in [9.17, 15) is 4.79 Å². The second-order valence-corrected chi connectivity index (χ2v) is 4.79. The summed E-state index contributed by atoms with van der Waals surface area (Å²) in [5, 5.41) is 6.09. The summed E-state index contributed by atoms with van der Waals surface area (Å²) < 4.78 is 0. The molecule has 0 aromatic carbocycles. The van der Waals surface area contributed by atoms with Gasteiger partial charge in [-0.2, -0.15) is 0 Å². The van der Waals surface area contributed by atoms with Crippen molar-refractivity contribution in [2.24, 2.45) is 0 Å². The third kappa shape index (κ3) is 5.50. The lowest BCUT2D eigenvalue weighted by atomic mass is 10.0. The molecule has 1 aliphatic rings. The van der Waals surface area contributed by atoms with Gasteiger partial charge in [0.05, 0.1) is 0 Å². The molecule has 0 atom stereocenters. The largest absolute Gasteiger partial charge is 0.359 e. The highest BCUT2D eigenvalue weighted by molar-refractivity contribution is 5.75. The monoisotopic (exact) mass is 241 g/mol. The zero-order valence-corrected chi connectivity index (χ0v) is 11.3. The van der Waals surface area contributed by atoms with E-state index in [1.54, 1.807) is 7.05 Å². The number of amides is 1. The SMILES string of the molecule is CCCN(CCCC(=O)NC)C1CCNCC1. The summed E-state index contributed by atoms with van der Waals surface area (Å²) in [7, 11) is 1.71. The van der Waals surface area contributed by atoms with Crippen LogP contribution in [0.4, 0.5) is 0 Å². The maximum atomic E-state index is 11.2. The van der Waals surface area contributed by atoms with Crippen molar-refractivity contribution < 1.29 is 4.79 Å². The number of rotatable bonds is 7. The summed E-state index contributed by atoms with van der Waals surface area (Å²) in [4.78, 5) is 13.8. The molecule has 0 aromatic rings. The van der Waals surface area contributed by atoms with Crippen LogP contribution in [-0.4, -0.2) is 50.1 Å². The Kier molecular flexibility index (Phi) is 7.21. The lowest BCUT2D eigenvalue weighted by Gasteiger charge is -2.34. The average molecular weight is 241 g/mol. The molecule has 0 aliphatic carbocycles. The van der Waals surface area contributed by atoms with Gasteiger partial charge in [-0.3, -0.25) is 4.79 Å². The molecule has 0 aromatic heterocycles. The minimum Gasteiger partial charge on any atom is -0.359 e. The van der Waals surface area contributed by atoms with Crippen molar-refractivity contribution >= 4 is 5.91 Å². The van der Waals surface area contributed by atoms with Gasteiger partial charge in [0, 0.05) is 19.5 Å². The van der Waals surface area contributed by atoms with Gasteiger partial charge < -0.3 is 15.5 Å². The number of nitrogens with one attached hydrogen (secondary N) is 2. The molecule has 1 amide bonds. The van der Waals surface area contributed by atoms with Crippen LogP contribution in [-0.2, 0) is 4.79 Å². The highest BCUT2D eigenvalue weighted by Gasteiger charge is 2.19. The third-order valence-electron chi connectivity index (χ3n) is 3.46. The van der Waals surface area contributed by atoms with Crippen molar-refractivity contribution in [3.05, 3.63) is 0 Å². The molecular weight excluding hydrogens is 214 g/mol. The highest BCUT2D eigenvalue weighted by atomic mass is 16.1. The highest BCUT2D eigenvalue weighted by Crippen LogP contribution is 2.13. The molecule has 4 heteroatoms. The standard InChI is InChI=1S/C13H27N3O/c1-3-10-16(11-4-5-13(17)14-2)12-6-8-15-9-7-12/h12,15H,3-11H2,1-2H3,(H,14,17). The Morgan fingerprint density at radius 1 is 1.35 bits per heavy atom. The fourth-order valence-electron chi connectivity index (χ4n) is 2.50. The lowest BCUT2D eigenvalue weighted by molar-refractivity contribution is -0.120. The van der Waals surface area contributed by atoms with E-state index in [0.717, 1.165) is 32.1 Å². The molecule has 100 valence electrons. The van der Waals surface area contributed by atoms with Gasteiger partial charge in [-0.1, -0.05) is 6.92 Å². The molecule has 0 bridgehead atoms. The molecule has 0 radical (unpaired) electrons. The van der Waals surface area contributed by atoms with Crippen molar-refractivity contribution in [1.82, 2.24) is 15.5 Å². The van der Waals surface area contributed by atoms with Crippen LogP contribution in [0.2, 0.25) is 0 Å². The molecule has 0 spiro atoms. The van der Waals surface area contributed by atoms with E-state index in [1.165, 1.54) is 25.8 Å². The molecule has 1 rings (SSSR count). The van der Waals surface area contributed by atoms with Crippen molar-refractivity contribution in [2.75, 3.05) is 33.2 Å². The maximum Gasteiger partial charge on any atom is 0.219 e. The molecule has 17 heavy (non-hydrogen) atoms. The minimum absolute atomic E-state index is 0.159. The van der Waals surface area contributed by atoms with Gasteiger partial charge >= 0.3 is 0 Å². The first-order valence-corrected chi connectivity index (χ1v) is 6.93. The first-order valence-electron chi connectivity index (χ1n) is 6.93. The van der Waals surface area contributed by atoms with E-state index < -0.39 is 0 Å². The number of nitrogens with zero attached hydrogens (tertiary/aromatic N) is 1. The van der Waals surface area contributed by atoms with E-state index >= 15 is 0 Å². The average Bonchev–Trinajstić information content (AvgIpc) is 2.38. The van der Waals surface area contributed by atoms with Gasteiger partial charge in [0.15, 0.2) is 0 Å². The Morgan fingerprint density at radius 3 is 2.65 bits per heavy atom. The van der Waals surface area contributed by atoms with Crippen LogP contribution in [0.25, 0.3) is 0 Å². The zero-order valence-electron chi connectivity index (χ0n) is 11.3. The van der Waals surface area contributed by atoms with Crippen LogP contribution in [0.1, 0.15) is 39.0 Å². The lowest BCUT2D eigenvalue weighted by Crippen LogP contribution is -2.44. The van der Waals surface area contributed by atoms with Gasteiger partial charge in [-0.05, 0) is 51.9 Å². The van der Waals surface area contributed by atoms with Gasteiger partial charge in [0.2, 0.25) is 5.91 Å². The van der Waals surface area contributed by atoms with Gasteiger partial charge in [0.25, 0.3) is 0 Å². The normalized spacial score (nSPS) is 17.4. The molecule has 0 saturated carbocycles. The quantitative estimate of drug-likeness (QED) is 0.698. The molecule has 2 N–H and O–H groups in total. The van der Waals surface area contributed by atoms with Gasteiger partial charge in [-0.25, -0.2) is 0 Å². The summed E-state index contributed by atoms with van der Waals surface area (Å²) in [5.41, 5.74) is 0. The van der Waals surface area contributed by atoms with Crippen molar-refractivity contribution in [1.29, 1.82) is 0 Å². The van der Waals surface area contributed by atoms with Crippen LogP contribution in [0.3, 0.4) is 0 Å². The number of piperidine rings is 1. The Morgan fingerprint density at radius 2 is 2.06 bits per heavy atom. The van der Waals surface area contributed by atoms with E-state index in [4.69, 9.17) is 0 Å². The molecule has 4 nitrogen and oxygen atoms in total. The van der Waals surface area contributed by atoms with Crippen LogP contribution in [0.15, 0.2) is 0 Å². The Hall–Kier alpha value is -0.610. The van der Waals surface area contributed by atoms with Gasteiger partial charge in [0.1, 0.15) is 0 Å². The molecule has 1 fully saturated rings. The predicted molar refractivity (Wildman–Crippen MR) is 71.1 cm³/mol. The molecule has 1 heterocycles. The van der Waals surface area contributed by atoms with Crippen molar-refractivity contribution in [2.45, 2.75) is 45.1 Å². The van der Waals surface area contributed by atoms with Crippen LogP contribution in [0, 0.1) is 0 Å². The Labute approximate surface area is 105 Å². The summed E-state index contributed by atoms with van der Waals surface area (Å²) in [5.74, 6) is 0.159. The Bertz CT molecular complexity index is 215. The van der Waals surface area contributed by atoms with E-state index in [2.05, 4.69) is 22.5 Å².